The number of oxazole rings is 1. The van der Waals surface area contributed by atoms with Crippen molar-refractivity contribution in [3.8, 4) is 17.2 Å². The third kappa shape index (κ3) is 7.19. The molecule has 0 aliphatic rings. The summed E-state index contributed by atoms with van der Waals surface area (Å²) >= 11 is 0. The van der Waals surface area contributed by atoms with Gasteiger partial charge < -0.3 is 19.2 Å². The van der Waals surface area contributed by atoms with E-state index in [4.69, 9.17) is 13.9 Å². The monoisotopic (exact) mass is 525 g/mol. The summed E-state index contributed by atoms with van der Waals surface area (Å²) in [5.74, 6) is 0.761. The van der Waals surface area contributed by atoms with Crippen LogP contribution in [0.15, 0.2) is 40.8 Å². The number of halogens is 1. The molecule has 1 amide bonds. The van der Waals surface area contributed by atoms with Crippen molar-refractivity contribution in [3.63, 3.8) is 0 Å². The number of rotatable bonds is 11. The molecule has 204 valence electrons. The Kier molecular flexibility index (Phi) is 9.27. The molecule has 0 spiro atoms. The third-order valence-electron chi connectivity index (χ3n) is 6.05. The first kappa shape index (κ1) is 28.8. The van der Waals surface area contributed by atoms with Crippen molar-refractivity contribution in [3.05, 3.63) is 70.4 Å². The first-order chi connectivity index (χ1) is 17.9. The number of carbonyl (C=O) groups is 2. The van der Waals surface area contributed by atoms with E-state index in [0.29, 0.717) is 41.7 Å². The van der Waals surface area contributed by atoms with E-state index in [2.05, 4.69) is 10.3 Å². The van der Waals surface area contributed by atoms with E-state index in [-0.39, 0.29) is 24.9 Å². The van der Waals surface area contributed by atoms with Gasteiger partial charge in [0.1, 0.15) is 17.3 Å². The summed E-state index contributed by atoms with van der Waals surface area (Å²) in [6.07, 6.45) is 0. The van der Waals surface area contributed by atoms with Crippen LogP contribution in [0.25, 0.3) is 11.5 Å². The van der Waals surface area contributed by atoms with Crippen LogP contribution in [0.3, 0.4) is 0 Å². The molecule has 0 unspecified atom stereocenters. The molecule has 0 atom stereocenters. The Hall–Kier alpha value is -3.72. The number of esters is 1. The summed E-state index contributed by atoms with van der Waals surface area (Å²) in [5.41, 5.74) is 2.95. The van der Waals surface area contributed by atoms with Gasteiger partial charge in [-0.1, -0.05) is 12.1 Å². The van der Waals surface area contributed by atoms with Crippen LogP contribution in [-0.2, 0) is 27.4 Å². The number of aryl methyl sites for hydroxylation is 3. The van der Waals surface area contributed by atoms with Gasteiger partial charge in [0, 0.05) is 25.7 Å². The van der Waals surface area contributed by atoms with Gasteiger partial charge in [-0.3, -0.25) is 9.69 Å². The molecule has 0 radical (unpaired) electrons. The minimum Gasteiger partial charge on any atom is -0.476 e. The van der Waals surface area contributed by atoms with Crippen molar-refractivity contribution in [1.29, 1.82) is 0 Å². The Labute approximate surface area is 223 Å². The van der Waals surface area contributed by atoms with Crippen LogP contribution in [0.5, 0.6) is 5.75 Å². The molecule has 0 saturated heterocycles. The Morgan fingerprint density at radius 3 is 2.29 bits per heavy atom. The van der Waals surface area contributed by atoms with Crippen molar-refractivity contribution in [2.45, 2.75) is 60.2 Å². The quantitative estimate of drug-likeness (QED) is 0.357. The Morgan fingerprint density at radius 2 is 1.71 bits per heavy atom. The lowest BCUT2D eigenvalue weighted by Gasteiger charge is -2.27. The molecule has 0 saturated carbocycles. The topological polar surface area (TPSA) is 93.9 Å². The van der Waals surface area contributed by atoms with Gasteiger partial charge >= 0.3 is 5.97 Å². The highest BCUT2D eigenvalue weighted by molar-refractivity contribution is 5.79. The van der Waals surface area contributed by atoms with E-state index in [1.54, 1.807) is 40.0 Å². The number of hydrogen-bond acceptors (Lipinski definition) is 7. The second-order valence-electron chi connectivity index (χ2n) is 9.74. The molecule has 0 aliphatic heterocycles. The number of nitrogens with one attached hydrogen (secondary N) is 1. The number of amides is 1. The lowest BCUT2D eigenvalue weighted by atomic mass is 10.0. The van der Waals surface area contributed by atoms with Crippen LogP contribution >= 0.6 is 0 Å². The molecular weight excluding hydrogens is 489 g/mol. The van der Waals surface area contributed by atoms with Crippen molar-refractivity contribution in [2.24, 2.45) is 0 Å². The zero-order valence-electron chi connectivity index (χ0n) is 23.1. The number of nitrogens with zero attached hydrogens (tertiary/aromatic N) is 2. The number of aromatic nitrogens is 1. The number of benzene rings is 2. The number of likely N-dealkylation sites (N-methyl/N-ethyl adjacent to an activating group) is 1. The van der Waals surface area contributed by atoms with Crippen molar-refractivity contribution < 1.29 is 27.9 Å². The molecule has 0 aliphatic carbocycles. The van der Waals surface area contributed by atoms with Gasteiger partial charge in [-0.25, -0.2) is 14.2 Å². The summed E-state index contributed by atoms with van der Waals surface area (Å²) in [7, 11) is 1.60. The molecule has 8 nitrogen and oxygen atoms in total. The average Bonchev–Trinajstić information content (AvgIpc) is 3.21. The molecule has 3 aromatic rings. The van der Waals surface area contributed by atoms with Gasteiger partial charge in [-0.2, -0.15) is 0 Å². The van der Waals surface area contributed by atoms with Gasteiger partial charge in [0.05, 0.1) is 18.8 Å². The third-order valence-corrected chi connectivity index (χ3v) is 6.05. The van der Waals surface area contributed by atoms with Gasteiger partial charge in [0.2, 0.25) is 11.8 Å². The second-order valence-corrected chi connectivity index (χ2v) is 9.74. The predicted octanol–water partition coefficient (Wildman–Crippen LogP) is 4.87. The number of hydrogen-bond donors (Lipinski definition) is 1. The van der Waals surface area contributed by atoms with Crippen LogP contribution in [0.4, 0.5) is 4.39 Å². The first-order valence-electron chi connectivity index (χ1n) is 12.5. The van der Waals surface area contributed by atoms with Gasteiger partial charge in [0.25, 0.3) is 0 Å². The first-order valence-corrected chi connectivity index (χ1v) is 12.5. The van der Waals surface area contributed by atoms with Crippen LogP contribution in [0.2, 0.25) is 0 Å². The van der Waals surface area contributed by atoms with E-state index >= 15 is 0 Å². The highest BCUT2D eigenvalue weighted by Crippen LogP contribution is 2.30. The minimum absolute atomic E-state index is 0.130. The van der Waals surface area contributed by atoms with Crippen molar-refractivity contribution in [1.82, 2.24) is 15.2 Å². The molecule has 0 bridgehead atoms. The second kappa shape index (κ2) is 12.2. The van der Waals surface area contributed by atoms with E-state index < -0.39 is 11.6 Å². The Bertz CT molecular complexity index is 1260. The summed E-state index contributed by atoms with van der Waals surface area (Å²) < 4.78 is 30.4. The summed E-state index contributed by atoms with van der Waals surface area (Å²) in [6.45, 7) is 12.1. The maximum absolute atomic E-state index is 13.3. The standard InChI is InChI=1S/C29H36FN3O5/c1-8-36-28(35)29(5,6)38-26-18(2)13-21(14-19(26)3)15-33(17-25(34)31-7)16-24-20(4)37-27(32-24)22-9-11-23(30)12-10-22/h9-14H,8,15-17H2,1-7H3,(H,31,34). The SMILES string of the molecule is CCOC(=O)C(C)(C)Oc1c(C)cc(CN(CC(=O)NC)Cc2nc(-c3ccc(F)cc3)oc2C)cc1C. The fraction of sp³-hybridized carbons (Fsp3) is 0.414. The maximum Gasteiger partial charge on any atom is 0.349 e. The maximum atomic E-state index is 13.3. The number of carbonyl (C=O) groups excluding carboxylic acids is 2. The molecule has 9 heteroatoms. The average molecular weight is 526 g/mol. The van der Waals surface area contributed by atoms with E-state index in [1.165, 1.54) is 12.1 Å². The lowest BCUT2D eigenvalue weighted by molar-refractivity contribution is -0.158. The van der Waals surface area contributed by atoms with E-state index in [9.17, 15) is 14.0 Å². The fourth-order valence-electron chi connectivity index (χ4n) is 4.10. The van der Waals surface area contributed by atoms with Gasteiger partial charge in [0.15, 0.2) is 5.60 Å². The normalized spacial score (nSPS) is 11.5. The summed E-state index contributed by atoms with van der Waals surface area (Å²) in [4.78, 5) is 31.2. The highest BCUT2D eigenvalue weighted by atomic mass is 19.1. The lowest BCUT2D eigenvalue weighted by Crippen LogP contribution is -2.40. The zero-order valence-corrected chi connectivity index (χ0v) is 23.1. The van der Waals surface area contributed by atoms with E-state index in [0.717, 1.165) is 16.7 Å². The van der Waals surface area contributed by atoms with Crippen LogP contribution < -0.4 is 10.1 Å². The molecule has 1 N–H and O–H groups in total. The number of ether oxygens (including phenoxy) is 2. The van der Waals surface area contributed by atoms with Gasteiger partial charge in [-0.15, -0.1) is 0 Å². The van der Waals surface area contributed by atoms with Crippen molar-refractivity contribution in [2.75, 3.05) is 20.2 Å². The van der Waals surface area contributed by atoms with Crippen molar-refractivity contribution >= 4 is 11.9 Å². The van der Waals surface area contributed by atoms with Gasteiger partial charge in [-0.05, 0) is 82.5 Å². The molecule has 38 heavy (non-hydrogen) atoms. The fourth-order valence-corrected chi connectivity index (χ4v) is 4.10. The Balaban J connectivity index is 1.83. The molecule has 3 rings (SSSR count). The van der Waals surface area contributed by atoms with Crippen LogP contribution in [0.1, 0.15) is 48.9 Å². The summed E-state index contributed by atoms with van der Waals surface area (Å²) in [6, 6.07) is 9.92. The Morgan fingerprint density at radius 1 is 1.08 bits per heavy atom. The predicted molar refractivity (Wildman–Crippen MR) is 142 cm³/mol. The molecule has 2 aromatic carbocycles. The van der Waals surface area contributed by atoms with E-state index in [1.807, 2.05) is 37.8 Å². The smallest absolute Gasteiger partial charge is 0.349 e. The molecular formula is C29H36FN3O5. The molecule has 1 heterocycles. The van der Waals surface area contributed by atoms with Crippen LogP contribution in [-0.4, -0.2) is 47.6 Å². The zero-order chi connectivity index (χ0) is 28.0. The highest BCUT2D eigenvalue weighted by Gasteiger charge is 2.32. The largest absolute Gasteiger partial charge is 0.476 e. The molecule has 1 aromatic heterocycles. The minimum atomic E-state index is -1.13. The van der Waals surface area contributed by atoms with Crippen LogP contribution in [0, 0.1) is 26.6 Å². The summed E-state index contributed by atoms with van der Waals surface area (Å²) in [5, 5.41) is 2.67. The molecule has 0 fully saturated rings.